The summed E-state index contributed by atoms with van der Waals surface area (Å²) in [5, 5.41) is 5.77. The molecule has 0 aliphatic carbocycles. The predicted molar refractivity (Wildman–Crippen MR) is 154 cm³/mol. The molecule has 0 bridgehead atoms. The van der Waals surface area contributed by atoms with E-state index in [4.69, 9.17) is 11.2 Å². The zero-order valence-corrected chi connectivity index (χ0v) is 24.6. The highest BCUT2D eigenvalue weighted by atomic mass is 16.6. The van der Waals surface area contributed by atoms with Crippen LogP contribution in [0.5, 0.6) is 0 Å². The number of hydrogen-bond acceptors (Lipinski definition) is 4. The fraction of sp³-hybridized carbons (Fsp3) is 0.645. The highest BCUT2D eigenvalue weighted by molar-refractivity contribution is 5.92. The molecule has 0 saturated heterocycles. The van der Waals surface area contributed by atoms with Crippen LogP contribution in [0.15, 0.2) is 24.3 Å². The molecule has 7 nitrogen and oxygen atoms in total. The molecule has 2 N–H and O–H groups in total. The first-order valence-corrected chi connectivity index (χ1v) is 14.1. The van der Waals surface area contributed by atoms with E-state index in [9.17, 15) is 14.4 Å². The van der Waals surface area contributed by atoms with E-state index >= 15 is 0 Å². The van der Waals surface area contributed by atoms with Gasteiger partial charge in [0, 0.05) is 18.7 Å². The number of hydrogen-bond donors (Lipinski definition) is 2. The van der Waals surface area contributed by atoms with Crippen molar-refractivity contribution >= 4 is 17.9 Å². The number of ether oxygens (including phenoxy) is 1. The van der Waals surface area contributed by atoms with E-state index < -0.39 is 23.8 Å². The van der Waals surface area contributed by atoms with Crippen LogP contribution in [0.2, 0.25) is 0 Å². The zero-order valence-electron chi connectivity index (χ0n) is 24.6. The molecule has 212 valence electrons. The standard InChI is InChI=1S/C31H49N3O4/c1-9-12-14-15-18-22-34(29(36)26(23(4)5)33-30(37)38-31(6,7)8)27(28(35)32-21-13-10-2)25-20-17-16-19-24(25)11-3/h3,16-17,19-20,23,26-27H,9-10,12-15,18,21-22H2,1-2,4-8H3,(H,32,35)(H,33,37). The molecule has 0 heterocycles. The molecule has 0 aliphatic heterocycles. The van der Waals surface area contributed by atoms with Crippen molar-refractivity contribution in [1.29, 1.82) is 0 Å². The molecule has 3 amide bonds. The van der Waals surface area contributed by atoms with Gasteiger partial charge in [-0.1, -0.05) is 83.9 Å². The van der Waals surface area contributed by atoms with Gasteiger partial charge < -0.3 is 20.3 Å². The minimum atomic E-state index is -0.917. The van der Waals surface area contributed by atoms with Crippen LogP contribution in [0.1, 0.15) is 111 Å². The summed E-state index contributed by atoms with van der Waals surface area (Å²) in [4.78, 5) is 42.1. The average molecular weight is 528 g/mol. The SMILES string of the molecule is C#Cc1ccccc1C(C(=O)NCCCC)N(CCCCCCC)C(=O)C(NC(=O)OC(C)(C)C)C(C)C. The number of benzene rings is 1. The molecular formula is C31H49N3O4. The second kappa shape index (κ2) is 16.8. The summed E-state index contributed by atoms with van der Waals surface area (Å²) in [6.07, 6.45) is 11.9. The van der Waals surface area contributed by atoms with Gasteiger partial charge in [-0.2, -0.15) is 0 Å². The number of unbranched alkanes of at least 4 members (excludes halogenated alkanes) is 5. The van der Waals surface area contributed by atoms with Gasteiger partial charge in [0.1, 0.15) is 17.7 Å². The highest BCUT2D eigenvalue weighted by Gasteiger charge is 2.38. The molecule has 0 radical (unpaired) electrons. The van der Waals surface area contributed by atoms with Gasteiger partial charge in [0.15, 0.2) is 0 Å². The third kappa shape index (κ3) is 11.2. The van der Waals surface area contributed by atoms with E-state index in [1.807, 2.05) is 32.0 Å². The van der Waals surface area contributed by atoms with Crippen molar-refractivity contribution in [3.05, 3.63) is 35.4 Å². The van der Waals surface area contributed by atoms with Gasteiger partial charge in [0.2, 0.25) is 11.8 Å². The molecule has 2 unspecified atom stereocenters. The van der Waals surface area contributed by atoms with Crippen molar-refractivity contribution in [2.24, 2.45) is 5.92 Å². The van der Waals surface area contributed by atoms with Crippen LogP contribution in [0.25, 0.3) is 0 Å². The molecule has 1 rings (SSSR count). The van der Waals surface area contributed by atoms with E-state index in [0.29, 0.717) is 24.2 Å². The summed E-state index contributed by atoms with van der Waals surface area (Å²) in [5.41, 5.74) is 0.458. The maximum Gasteiger partial charge on any atom is 0.408 e. The molecule has 0 fully saturated rings. The summed E-state index contributed by atoms with van der Waals surface area (Å²) >= 11 is 0. The van der Waals surface area contributed by atoms with Crippen molar-refractivity contribution in [3.8, 4) is 12.3 Å². The number of carbonyl (C=O) groups excluding carboxylic acids is 3. The number of carbonyl (C=O) groups is 3. The van der Waals surface area contributed by atoms with E-state index in [0.717, 1.165) is 44.9 Å². The molecule has 0 saturated carbocycles. The van der Waals surface area contributed by atoms with Gasteiger partial charge >= 0.3 is 6.09 Å². The Hall–Kier alpha value is -3.01. The molecular weight excluding hydrogens is 478 g/mol. The van der Waals surface area contributed by atoms with Crippen LogP contribution in [-0.2, 0) is 14.3 Å². The molecule has 1 aromatic carbocycles. The molecule has 0 aromatic heterocycles. The number of nitrogens with zero attached hydrogens (tertiary/aromatic N) is 1. The van der Waals surface area contributed by atoms with E-state index in [2.05, 4.69) is 30.4 Å². The van der Waals surface area contributed by atoms with Crippen LogP contribution in [0.3, 0.4) is 0 Å². The Kier molecular flexibility index (Phi) is 14.6. The smallest absolute Gasteiger partial charge is 0.408 e. The first kappa shape index (κ1) is 33.0. The first-order chi connectivity index (χ1) is 18.0. The van der Waals surface area contributed by atoms with E-state index in [-0.39, 0.29) is 17.7 Å². The lowest BCUT2D eigenvalue weighted by molar-refractivity contribution is -0.143. The van der Waals surface area contributed by atoms with E-state index in [1.54, 1.807) is 31.7 Å². The number of rotatable bonds is 15. The summed E-state index contributed by atoms with van der Waals surface area (Å²) in [5.74, 6) is 1.84. The normalized spacial score (nSPS) is 12.8. The third-order valence-corrected chi connectivity index (χ3v) is 6.19. The van der Waals surface area contributed by atoms with Crippen molar-refractivity contribution < 1.29 is 19.1 Å². The number of alkyl carbamates (subject to hydrolysis) is 1. The van der Waals surface area contributed by atoms with Crippen molar-refractivity contribution in [3.63, 3.8) is 0 Å². The average Bonchev–Trinajstić information content (AvgIpc) is 2.85. The van der Waals surface area contributed by atoms with Crippen LogP contribution >= 0.6 is 0 Å². The Morgan fingerprint density at radius 3 is 2.21 bits per heavy atom. The molecule has 0 spiro atoms. The minimum absolute atomic E-state index is 0.232. The third-order valence-electron chi connectivity index (χ3n) is 6.19. The van der Waals surface area contributed by atoms with Crippen LogP contribution in [-0.4, -0.2) is 47.5 Å². The molecule has 2 atom stereocenters. The van der Waals surface area contributed by atoms with Gasteiger partial charge in [0.25, 0.3) is 0 Å². The highest BCUT2D eigenvalue weighted by Crippen LogP contribution is 2.27. The monoisotopic (exact) mass is 527 g/mol. The lowest BCUT2D eigenvalue weighted by Crippen LogP contribution is -2.55. The predicted octanol–water partition coefficient (Wildman–Crippen LogP) is 5.97. The van der Waals surface area contributed by atoms with Gasteiger partial charge in [-0.05, 0) is 51.2 Å². The fourth-order valence-corrected chi connectivity index (χ4v) is 4.18. The van der Waals surface area contributed by atoms with Crippen molar-refractivity contribution in [2.45, 2.75) is 111 Å². The Bertz CT molecular complexity index is 930. The Morgan fingerprint density at radius 1 is 1.00 bits per heavy atom. The van der Waals surface area contributed by atoms with Crippen LogP contribution < -0.4 is 10.6 Å². The second-order valence-electron chi connectivity index (χ2n) is 11.1. The second-order valence-corrected chi connectivity index (χ2v) is 11.1. The van der Waals surface area contributed by atoms with Gasteiger partial charge in [0.05, 0.1) is 0 Å². The first-order valence-electron chi connectivity index (χ1n) is 14.1. The zero-order chi connectivity index (χ0) is 28.7. The summed E-state index contributed by atoms with van der Waals surface area (Å²) in [7, 11) is 0. The lowest BCUT2D eigenvalue weighted by Gasteiger charge is -2.36. The van der Waals surface area contributed by atoms with Crippen LogP contribution in [0, 0.1) is 18.3 Å². The lowest BCUT2D eigenvalue weighted by atomic mass is 9.95. The summed E-state index contributed by atoms with van der Waals surface area (Å²) < 4.78 is 5.44. The van der Waals surface area contributed by atoms with E-state index in [1.165, 1.54) is 0 Å². The Labute approximate surface area is 230 Å². The molecule has 7 heteroatoms. The maximum atomic E-state index is 14.2. The number of nitrogens with one attached hydrogen (secondary N) is 2. The van der Waals surface area contributed by atoms with Crippen molar-refractivity contribution in [1.82, 2.24) is 15.5 Å². The Morgan fingerprint density at radius 2 is 1.63 bits per heavy atom. The molecule has 0 aliphatic rings. The summed E-state index contributed by atoms with van der Waals surface area (Å²) in [6.45, 7) is 14.1. The molecule has 1 aromatic rings. The van der Waals surface area contributed by atoms with Crippen molar-refractivity contribution in [2.75, 3.05) is 13.1 Å². The van der Waals surface area contributed by atoms with Gasteiger partial charge in [-0.3, -0.25) is 9.59 Å². The largest absolute Gasteiger partial charge is 0.444 e. The minimum Gasteiger partial charge on any atom is -0.444 e. The number of terminal acetylenes is 1. The maximum absolute atomic E-state index is 14.2. The Balaban J connectivity index is 3.49. The molecule has 38 heavy (non-hydrogen) atoms. The van der Waals surface area contributed by atoms with Gasteiger partial charge in [-0.25, -0.2) is 4.79 Å². The fourth-order valence-electron chi connectivity index (χ4n) is 4.18. The number of amides is 3. The summed E-state index contributed by atoms with van der Waals surface area (Å²) in [6, 6.07) is 5.45. The van der Waals surface area contributed by atoms with Crippen LogP contribution in [0.4, 0.5) is 4.79 Å². The topological polar surface area (TPSA) is 87.7 Å². The van der Waals surface area contributed by atoms with Gasteiger partial charge in [-0.15, -0.1) is 6.42 Å². The quantitative estimate of drug-likeness (QED) is 0.217.